The Morgan fingerprint density at radius 2 is 1.95 bits per heavy atom. The molecule has 20 heavy (non-hydrogen) atoms. The topological polar surface area (TPSA) is 142 Å². The second-order valence-electron chi connectivity index (χ2n) is 3.68. The predicted octanol–water partition coefficient (Wildman–Crippen LogP) is 0.335. The van der Waals surface area contributed by atoms with Crippen LogP contribution in [-0.4, -0.2) is 28.9 Å². The number of urea groups is 1. The molecular weight excluding hydrogens is 270 g/mol. The first kappa shape index (κ1) is 15.1. The second-order valence-corrected chi connectivity index (χ2v) is 3.68. The number of nitro groups is 1. The normalized spacial score (nSPS) is 11.2. The van der Waals surface area contributed by atoms with Gasteiger partial charge in [0.05, 0.1) is 4.92 Å². The third-order valence-corrected chi connectivity index (χ3v) is 2.22. The molecule has 9 nitrogen and oxygen atoms in total. The second kappa shape index (κ2) is 6.27. The lowest BCUT2D eigenvalue weighted by atomic mass is 10.2. The SMILES string of the molecule is CC(OC(=O)c1ccccc1[N+](=O)[O-])C(=O)NC(N)=O. The number of amides is 3. The lowest BCUT2D eigenvalue weighted by Crippen LogP contribution is -2.42. The van der Waals surface area contributed by atoms with Crippen LogP contribution in [-0.2, 0) is 9.53 Å². The standard InChI is InChI=1S/C11H11N3O6/c1-6(9(15)13-11(12)17)20-10(16)7-4-2-3-5-8(7)14(18)19/h2-6H,1H3,(H3,12,13,15,17). The number of primary amides is 1. The van der Waals surface area contributed by atoms with E-state index in [1.54, 1.807) is 5.32 Å². The molecule has 106 valence electrons. The minimum absolute atomic E-state index is 0.295. The van der Waals surface area contributed by atoms with Gasteiger partial charge in [-0.1, -0.05) is 12.1 Å². The van der Waals surface area contributed by atoms with Crippen molar-refractivity contribution >= 4 is 23.6 Å². The van der Waals surface area contributed by atoms with E-state index >= 15 is 0 Å². The maximum absolute atomic E-state index is 11.7. The highest BCUT2D eigenvalue weighted by molar-refractivity contribution is 5.99. The zero-order valence-electron chi connectivity index (χ0n) is 10.4. The molecule has 0 bridgehead atoms. The van der Waals surface area contributed by atoms with E-state index in [-0.39, 0.29) is 5.56 Å². The van der Waals surface area contributed by atoms with Gasteiger partial charge in [0, 0.05) is 6.07 Å². The van der Waals surface area contributed by atoms with Gasteiger partial charge in [-0.15, -0.1) is 0 Å². The molecule has 0 aliphatic heterocycles. The molecule has 0 spiro atoms. The van der Waals surface area contributed by atoms with Crippen LogP contribution in [0.25, 0.3) is 0 Å². The van der Waals surface area contributed by atoms with Crippen molar-refractivity contribution < 1.29 is 24.0 Å². The van der Waals surface area contributed by atoms with Crippen LogP contribution >= 0.6 is 0 Å². The number of hydrogen-bond donors (Lipinski definition) is 2. The van der Waals surface area contributed by atoms with Gasteiger partial charge in [-0.2, -0.15) is 0 Å². The Morgan fingerprint density at radius 3 is 2.50 bits per heavy atom. The van der Waals surface area contributed by atoms with Crippen LogP contribution in [0.4, 0.5) is 10.5 Å². The van der Waals surface area contributed by atoms with E-state index in [2.05, 4.69) is 0 Å². The van der Waals surface area contributed by atoms with Crippen LogP contribution in [0.1, 0.15) is 17.3 Å². The molecule has 9 heteroatoms. The maximum Gasteiger partial charge on any atom is 0.345 e. The van der Waals surface area contributed by atoms with E-state index in [4.69, 9.17) is 10.5 Å². The summed E-state index contributed by atoms with van der Waals surface area (Å²) in [5.41, 5.74) is 4.00. The summed E-state index contributed by atoms with van der Waals surface area (Å²) in [6, 6.07) is 4.03. The van der Waals surface area contributed by atoms with Crippen LogP contribution in [0.5, 0.6) is 0 Å². The Morgan fingerprint density at radius 1 is 1.35 bits per heavy atom. The average molecular weight is 281 g/mol. The minimum atomic E-state index is -1.32. The number of benzene rings is 1. The highest BCUT2D eigenvalue weighted by Crippen LogP contribution is 2.19. The van der Waals surface area contributed by atoms with Gasteiger partial charge in [0.1, 0.15) is 5.56 Å². The monoisotopic (exact) mass is 281 g/mol. The molecular formula is C11H11N3O6. The van der Waals surface area contributed by atoms with Crippen molar-refractivity contribution in [1.82, 2.24) is 5.32 Å². The molecule has 1 aromatic carbocycles. The van der Waals surface area contributed by atoms with Crippen LogP contribution in [0, 0.1) is 10.1 Å². The molecule has 1 aromatic rings. The molecule has 0 aromatic heterocycles. The Kier molecular flexibility index (Phi) is 4.73. The summed E-state index contributed by atoms with van der Waals surface area (Å²) < 4.78 is 4.73. The highest BCUT2D eigenvalue weighted by Gasteiger charge is 2.25. The summed E-state index contributed by atoms with van der Waals surface area (Å²) in [6.45, 7) is 1.20. The van der Waals surface area contributed by atoms with Gasteiger partial charge in [0.2, 0.25) is 0 Å². The Labute approximate surface area is 112 Å². The molecule has 0 fully saturated rings. The molecule has 3 amide bonds. The van der Waals surface area contributed by atoms with Gasteiger partial charge in [0.15, 0.2) is 6.10 Å². The number of nitrogens with two attached hydrogens (primary N) is 1. The summed E-state index contributed by atoms with van der Waals surface area (Å²) in [6.07, 6.45) is -1.32. The van der Waals surface area contributed by atoms with E-state index in [0.29, 0.717) is 0 Å². The summed E-state index contributed by atoms with van der Waals surface area (Å²) in [4.78, 5) is 43.5. The first-order valence-corrected chi connectivity index (χ1v) is 5.37. The molecule has 1 rings (SSSR count). The molecule has 0 radical (unpaired) electrons. The van der Waals surface area contributed by atoms with E-state index < -0.39 is 34.6 Å². The van der Waals surface area contributed by atoms with Gasteiger partial charge < -0.3 is 10.5 Å². The lowest BCUT2D eigenvalue weighted by Gasteiger charge is -2.11. The van der Waals surface area contributed by atoms with Crippen molar-refractivity contribution in [3.63, 3.8) is 0 Å². The number of ether oxygens (including phenoxy) is 1. The van der Waals surface area contributed by atoms with Crippen molar-refractivity contribution in [3.05, 3.63) is 39.9 Å². The zero-order valence-corrected chi connectivity index (χ0v) is 10.4. The number of rotatable bonds is 4. The Balaban J connectivity index is 2.84. The third kappa shape index (κ3) is 3.77. The molecule has 0 saturated heterocycles. The quantitative estimate of drug-likeness (QED) is 0.462. The van der Waals surface area contributed by atoms with Crippen molar-refractivity contribution in [2.75, 3.05) is 0 Å². The largest absolute Gasteiger partial charge is 0.449 e. The molecule has 1 atom stereocenters. The van der Waals surface area contributed by atoms with Crippen LogP contribution in [0.15, 0.2) is 24.3 Å². The smallest absolute Gasteiger partial charge is 0.345 e. The predicted molar refractivity (Wildman–Crippen MR) is 65.7 cm³/mol. The molecule has 0 aliphatic carbocycles. The average Bonchev–Trinajstić information content (AvgIpc) is 2.37. The van der Waals surface area contributed by atoms with Crippen molar-refractivity contribution in [2.24, 2.45) is 5.73 Å². The fraction of sp³-hybridized carbons (Fsp3) is 0.182. The minimum Gasteiger partial charge on any atom is -0.449 e. The molecule has 0 aliphatic rings. The van der Waals surface area contributed by atoms with Crippen molar-refractivity contribution in [2.45, 2.75) is 13.0 Å². The van der Waals surface area contributed by atoms with Crippen LogP contribution in [0.2, 0.25) is 0 Å². The van der Waals surface area contributed by atoms with Gasteiger partial charge in [-0.05, 0) is 13.0 Å². The number of esters is 1. The number of hydrogen-bond acceptors (Lipinski definition) is 6. The van der Waals surface area contributed by atoms with E-state index in [1.807, 2.05) is 0 Å². The zero-order chi connectivity index (χ0) is 15.3. The summed E-state index contributed by atoms with van der Waals surface area (Å²) in [7, 11) is 0. The first-order chi connectivity index (χ1) is 9.32. The van der Waals surface area contributed by atoms with E-state index in [1.165, 1.54) is 25.1 Å². The first-order valence-electron chi connectivity index (χ1n) is 5.37. The number of nitro benzene ring substituents is 1. The number of nitrogens with one attached hydrogen (secondary N) is 1. The van der Waals surface area contributed by atoms with Crippen molar-refractivity contribution in [3.8, 4) is 0 Å². The van der Waals surface area contributed by atoms with Gasteiger partial charge in [-0.25, -0.2) is 9.59 Å². The van der Waals surface area contributed by atoms with Crippen LogP contribution < -0.4 is 11.1 Å². The number of imide groups is 1. The van der Waals surface area contributed by atoms with E-state index in [9.17, 15) is 24.5 Å². The molecule has 0 saturated carbocycles. The number of nitrogens with zero attached hydrogens (tertiary/aromatic N) is 1. The van der Waals surface area contributed by atoms with Crippen molar-refractivity contribution in [1.29, 1.82) is 0 Å². The third-order valence-electron chi connectivity index (χ3n) is 2.22. The highest BCUT2D eigenvalue weighted by atomic mass is 16.6. The molecule has 3 N–H and O–H groups in total. The molecule has 0 heterocycles. The summed E-state index contributed by atoms with van der Waals surface area (Å²) in [5, 5.41) is 12.5. The van der Waals surface area contributed by atoms with Crippen LogP contribution in [0.3, 0.4) is 0 Å². The maximum atomic E-state index is 11.7. The molecule has 1 unspecified atom stereocenters. The summed E-state index contributed by atoms with van der Waals surface area (Å²) in [5.74, 6) is -1.98. The van der Waals surface area contributed by atoms with Gasteiger partial charge in [-0.3, -0.25) is 20.2 Å². The Hall–Kier alpha value is -2.97. The Bertz CT molecular complexity index is 571. The fourth-order valence-corrected chi connectivity index (χ4v) is 1.31. The summed E-state index contributed by atoms with van der Waals surface area (Å²) >= 11 is 0. The van der Waals surface area contributed by atoms with Gasteiger partial charge in [0.25, 0.3) is 11.6 Å². The number of para-hydroxylation sites is 1. The lowest BCUT2D eigenvalue weighted by molar-refractivity contribution is -0.385. The van der Waals surface area contributed by atoms with E-state index in [0.717, 1.165) is 6.07 Å². The number of carbonyl (C=O) groups excluding carboxylic acids is 3. The van der Waals surface area contributed by atoms with Gasteiger partial charge >= 0.3 is 12.0 Å². The number of carbonyl (C=O) groups is 3. The fourth-order valence-electron chi connectivity index (χ4n) is 1.31.